The van der Waals surface area contributed by atoms with Gasteiger partial charge in [0.05, 0.1) is 12.0 Å². The van der Waals surface area contributed by atoms with Crippen molar-refractivity contribution in [2.24, 2.45) is 11.8 Å². The second-order valence-electron chi connectivity index (χ2n) is 3.25. The minimum absolute atomic E-state index is 0.280. The molecule has 0 aliphatic carbocycles. The number of nitrogens with one attached hydrogen (secondary N) is 1. The van der Waals surface area contributed by atoms with E-state index in [0.29, 0.717) is 5.92 Å². The molecule has 11 heavy (non-hydrogen) atoms. The fourth-order valence-electron chi connectivity index (χ4n) is 1.75. The summed E-state index contributed by atoms with van der Waals surface area (Å²) in [6.07, 6.45) is 3.48. The summed E-state index contributed by atoms with van der Waals surface area (Å²) in [6, 6.07) is 2.38. The molecule has 0 aromatic carbocycles. The molecule has 0 saturated carbocycles. The smallest absolute Gasteiger partial charge is 0.0659 e. The molecule has 0 bridgehead atoms. The number of nitrogens with zero attached hydrogens (tertiary/aromatic N) is 1. The van der Waals surface area contributed by atoms with Crippen LogP contribution in [0.4, 0.5) is 0 Å². The molecule has 2 heteroatoms. The van der Waals surface area contributed by atoms with Crippen LogP contribution in [0, 0.1) is 23.2 Å². The molecule has 1 aliphatic heterocycles. The zero-order valence-electron chi connectivity index (χ0n) is 7.14. The molecule has 1 rings (SSSR count). The van der Waals surface area contributed by atoms with Crippen molar-refractivity contribution >= 4 is 0 Å². The van der Waals surface area contributed by atoms with E-state index in [1.54, 1.807) is 0 Å². The monoisotopic (exact) mass is 152 g/mol. The molecule has 0 aromatic rings. The topological polar surface area (TPSA) is 35.8 Å². The van der Waals surface area contributed by atoms with Gasteiger partial charge in [-0.05, 0) is 38.3 Å². The fourth-order valence-corrected chi connectivity index (χ4v) is 1.75. The lowest BCUT2D eigenvalue weighted by atomic mass is 9.86. The molecule has 2 unspecified atom stereocenters. The summed E-state index contributed by atoms with van der Waals surface area (Å²) in [5.74, 6) is 0.890. The molecule has 0 spiro atoms. The van der Waals surface area contributed by atoms with Gasteiger partial charge >= 0.3 is 0 Å². The highest BCUT2D eigenvalue weighted by molar-refractivity contribution is 4.89. The average Bonchev–Trinajstić information content (AvgIpc) is 2.09. The lowest BCUT2D eigenvalue weighted by Crippen LogP contribution is -2.33. The Balaban J connectivity index is 2.38. The lowest BCUT2D eigenvalue weighted by Gasteiger charge is -2.25. The Morgan fingerprint density at radius 3 is 3.00 bits per heavy atom. The molecule has 0 aromatic heterocycles. The highest BCUT2D eigenvalue weighted by Crippen LogP contribution is 2.21. The molecule has 1 heterocycles. The van der Waals surface area contributed by atoms with Gasteiger partial charge in [-0.25, -0.2) is 0 Å². The average molecular weight is 152 g/mol. The van der Waals surface area contributed by atoms with Crippen molar-refractivity contribution in [2.45, 2.75) is 26.2 Å². The molecule has 2 atom stereocenters. The summed E-state index contributed by atoms with van der Waals surface area (Å²) >= 11 is 0. The van der Waals surface area contributed by atoms with E-state index in [4.69, 9.17) is 5.26 Å². The number of nitriles is 1. The van der Waals surface area contributed by atoms with Crippen LogP contribution in [0.15, 0.2) is 0 Å². The molecule has 2 nitrogen and oxygen atoms in total. The summed E-state index contributed by atoms with van der Waals surface area (Å²) in [7, 11) is 0. The summed E-state index contributed by atoms with van der Waals surface area (Å²) in [5, 5.41) is 12.1. The summed E-state index contributed by atoms with van der Waals surface area (Å²) in [5.41, 5.74) is 0. The van der Waals surface area contributed by atoms with Crippen LogP contribution in [-0.2, 0) is 0 Å². The first kappa shape index (κ1) is 8.55. The first-order valence-electron chi connectivity index (χ1n) is 4.48. The molecule has 0 amide bonds. The van der Waals surface area contributed by atoms with Gasteiger partial charge in [-0.1, -0.05) is 6.92 Å². The van der Waals surface area contributed by atoms with Gasteiger partial charge in [-0.2, -0.15) is 5.26 Å². The van der Waals surface area contributed by atoms with Crippen molar-refractivity contribution in [1.82, 2.24) is 5.32 Å². The quantitative estimate of drug-likeness (QED) is 0.651. The van der Waals surface area contributed by atoms with Gasteiger partial charge in [0, 0.05) is 0 Å². The summed E-state index contributed by atoms with van der Waals surface area (Å²) in [4.78, 5) is 0. The third-order valence-corrected chi connectivity index (χ3v) is 2.51. The van der Waals surface area contributed by atoms with E-state index in [-0.39, 0.29) is 5.92 Å². The lowest BCUT2D eigenvalue weighted by molar-refractivity contribution is 0.303. The van der Waals surface area contributed by atoms with E-state index in [0.717, 1.165) is 19.5 Å². The molecule has 1 aliphatic rings. The maximum absolute atomic E-state index is 8.80. The van der Waals surface area contributed by atoms with Crippen LogP contribution >= 0.6 is 0 Å². The first-order chi connectivity index (χ1) is 5.38. The van der Waals surface area contributed by atoms with Gasteiger partial charge in [0.25, 0.3) is 0 Å². The van der Waals surface area contributed by atoms with Crippen LogP contribution < -0.4 is 5.32 Å². The second kappa shape index (κ2) is 4.35. The van der Waals surface area contributed by atoms with Gasteiger partial charge in [-0.3, -0.25) is 0 Å². The van der Waals surface area contributed by atoms with Gasteiger partial charge in [0.1, 0.15) is 0 Å². The van der Waals surface area contributed by atoms with Gasteiger partial charge in [-0.15, -0.1) is 0 Å². The van der Waals surface area contributed by atoms with Crippen molar-refractivity contribution < 1.29 is 0 Å². The maximum atomic E-state index is 8.80. The highest BCUT2D eigenvalue weighted by atomic mass is 14.9. The van der Waals surface area contributed by atoms with Crippen LogP contribution in [-0.4, -0.2) is 13.1 Å². The SMILES string of the molecule is CCC(C#N)C1CCCNC1. The molecule has 0 radical (unpaired) electrons. The molecular weight excluding hydrogens is 136 g/mol. The van der Waals surface area contributed by atoms with Crippen LogP contribution in [0.5, 0.6) is 0 Å². The van der Waals surface area contributed by atoms with Crippen LogP contribution in [0.1, 0.15) is 26.2 Å². The van der Waals surface area contributed by atoms with Crippen molar-refractivity contribution in [3.63, 3.8) is 0 Å². The van der Waals surface area contributed by atoms with E-state index in [2.05, 4.69) is 18.3 Å². The van der Waals surface area contributed by atoms with Crippen LogP contribution in [0.25, 0.3) is 0 Å². The third-order valence-electron chi connectivity index (χ3n) is 2.51. The zero-order chi connectivity index (χ0) is 8.10. The summed E-state index contributed by atoms with van der Waals surface area (Å²) in [6.45, 7) is 4.28. The first-order valence-corrected chi connectivity index (χ1v) is 4.48. The highest BCUT2D eigenvalue weighted by Gasteiger charge is 2.21. The van der Waals surface area contributed by atoms with Crippen molar-refractivity contribution in [3.05, 3.63) is 0 Å². The molecule has 1 fully saturated rings. The van der Waals surface area contributed by atoms with Crippen molar-refractivity contribution in [2.75, 3.05) is 13.1 Å². The number of hydrogen-bond acceptors (Lipinski definition) is 2. The third kappa shape index (κ3) is 2.20. The number of rotatable bonds is 2. The van der Waals surface area contributed by atoms with Crippen molar-refractivity contribution in [3.8, 4) is 6.07 Å². The molecule has 1 N–H and O–H groups in total. The predicted molar refractivity (Wildman–Crippen MR) is 45.0 cm³/mol. The Kier molecular flexibility index (Phi) is 3.38. The Labute approximate surface area is 68.6 Å². The van der Waals surface area contributed by atoms with E-state index in [9.17, 15) is 0 Å². The maximum Gasteiger partial charge on any atom is 0.0659 e. The van der Waals surface area contributed by atoms with E-state index in [1.807, 2.05) is 0 Å². The Hall–Kier alpha value is -0.550. The Morgan fingerprint density at radius 2 is 2.55 bits per heavy atom. The van der Waals surface area contributed by atoms with Gasteiger partial charge in [0.2, 0.25) is 0 Å². The predicted octanol–water partition coefficient (Wildman–Crippen LogP) is 1.54. The normalized spacial score (nSPS) is 27.5. The van der Waals surface area contributed by atoms with Gasteiger partial charge in [0.15, 0.2) is 0 Å². The molecular formula is C9H16N2. The minimum Gasteiger partial charge on any atom is -0.316 e. The van der Waals surface area contributed by atoms with E-state index < -0.39 is 0 Å². The fraction of sp³-hybridized carbons (Fsp3) is 0.889. The number of piperidine rings is 1. The van der Waals surface area contributed by atoms with E-state index >= 15 is 0 Å². The summed E-state index contributed by atoms with van der Waals surface area (Å²) < 4.78 is 0. The van der Waals surface area contributed by atoms with Crippen LogP contribution in [0.2, 0.25) is 0 Å². The van der Waals surface area contributed by atoms with Crippen molar-refractivity contribution in [1.29, 1.82) is 5.26 Å². The Bertz CT molecular complexity index is 142. The Morgan fingerprint density at radius 1 is 1.73 bits per heavy atom. The van der Waals surface area contributed by atoms with E-state index in [1.165, 1.54) is 12.8 Å². The minimum atomic E-state index is 0.280. The zero-order valence-corrected chi connectivity index (χ0v) is 7.14. The van der Waals surface area contributed by atoms with Crippen LogP contribution in [0.3, 0.4) is 0 Å². The second-order valence-corrected chi connectivity index (χ2v) is 3.25. The number of hydrogen-bond donors (Lipinski definition) is 1. The molecule has 62 valence electrons. The molecule has 1 saturated heterocycles. The standard InChI is InChI=1S/C9H16N2/c1-2-8(6-10)9-4-3-5-11-7-9/h8-9,11H,2-5,7H2,1H3. The largest absolute Gasteiger partial charge is 0.316 e. The van der Waals surface area contributed by atoms with Gasteiger partial charge < -0.3 is 5.32 Å².